The Morgan fingerprint density at radius 2 is 1.75 bits per heavy atom. The molecule has 0 aromatic rings. The Morgan fingerprint density at radius 1 is 1.10 bits per heavy atom. The Kier molecular flexibility index (Phi) is 5.09. The first kappa shape index (κ1) is 16.2. The summed E-state index contributed by atoms with van der Waals surface area (Å²) in [7, 11) is -6.87. The van der Waals surface area contributed by atoms with Gasteiger partial charge in [0.1, 0.15) is 0 Å². The Hall–Kier alpha value is -0.180. The maximum atomic E-state index is 12.7. The number of sulfonamides is 1. The predicted molar refractivity (Wildman–Crippen MR) is 76.6 cm³/mol. The molecule has 2 rings (SSSR count). The summed E-state index contributed by atoms with van der Waals surface area (Å²) < 4.78 is 49.7. The summed E-state index contributed by atoms with van der Waals surface area (Å²) in [6.45, 7) is -0.154. The zero-order valence-electron chi connectivity index (χ0n) is 11.6. The third-order valence-electron chi connectivity index (χ3n) is 4.24. The van der Waals surface area contributed by atoms with Crippen molar-refractivity contribution in [2.24, 2.45) is 0 Å². The zero-order chi connectivity index (χ0) is 14.8. The van der Waals surface area contributed by atoms with Crippen LogP contribution in [0.1, 0.15) is 38.5 Å². The molecule has 1 unspecified atom stereocenters. The highest BCUT2D eigenvalue weighted by Crippen LogP contribution is 2.29. The van der Waals surface area contributed by atoms with Gasteiger partial charge < -0.3 is 5.11 Å². The summed E-state index contributed by atoms with van der Waals surface area (Å²) in [4.78, 5) is 0. The van der Waals surface area contributed by atoms with Crippen molar-refractivity contribution in [1.29, 1.82) is 0 Å². The highest BCUT2D eigenvalue weighted by Gasteiger charge is 2.42. The number of aliphatic hydroxyl groups excluding tert-OH is 1. The smallest absolute Gasteiger partial charge is 0.218 e. The molecule has 20 heavy (non-hydrogen) atoms. The molecule has 8 heteroatoms. The fourth-order valence-electron chi connectivity index (χ4n) is 3.17. The Bertz CT molecular complexity index is 522. The lowest BCUT2D eigenvalue weighted by Gasteiger charge is -2.34. The van der Waals surface area contributed by atoms with Gasteiger partial charge in [0, 0.05) is 12.6 Å². The fraction of sp³-hybridized carbons (Fsp3) is 1.00. The summed E-state index contributed by atoms with van der Waals surface area (Å²) in [5.41, 5.74) is 0. The standard InChI is InChI=1S/C12H23NO5S2/c14-8-7-13(11-4-2-1-3-5-11)20(17,18)12-6-9-19(15,16)10-12/h11-12,14H,1-10H2. The van der Waals surface area contributed by atoms with Crippen LogP contribution in [0.3, 0.4) is 0 Å². The van der Waals surface area contributed by atoms with Crippen LogP contribution in [0.25, 0.3) is 0 Å². The van der Waals surface area contributed by atoms with Crippen molar-refractivity contribution in [3.8, 4) is 0 Å². The van der Waals surface area contributed by atoms with Crippen molar-refractivity contribution < 1.29 is 21.9 Å². The molecule has 6 nitrogen and oxygen atoms in total. The molecule has 1 saturated carbocycles. The van der Waals surface area contributed by atoms with Crippen molar-refractivity contribution in [2.45, 2.75) is 49.8 Å². The molecule has 0 spiro atoms. The van der Waals surface area contributed by atoms with E-state index in [9.17, 15) is 16.8 Å². The van der Waals surface area contributed by atoms with Crippen LogP contribution < -0.4 is 0 Å². The van der Waals surface area contributed by atoms with Gasteiger partial charge in [-0.15, -0.1) is 0 Å². The number of hydrogen-bond donors (Lipinski definition) is 1. The molecule has 1 N–H and O–H groups in total. The van der Waals surface area contributed by atoms with Crippen LogP contribution in [0, 0.1) is 0 Å². The summed E-state index contributed by atoms with van der Waals surface area (Å²) in [5.74, 6) is -0.321. The van der Waals surface area contributed by atoms with Crippen LogP contribution in [0.5, 0.6) is 0 Å². The van der Waals surface area contributed by atoms with E-state index in [0.717, 1.165) is 32.1 Å². The van der Waals surface area contributed by atoms with Crippen molar-refractivity contribution in [2.75, 3.05) is 24.7 Å². The molecule has 2 fully saturated rings. The van der Waals surface area contributed by atoms with Crippen LogP contribution in [-0.4, -0.2) is 62.2 Å². The molecule has 0 bridgehead atoms. The van der Waals surface area contributed by atoms with Crippen LogP contribution in [0.4, 0.5) is 0 Å². The van der Waals surface area contributed by atoms with Crippen molar-refractivity contribution in [3.63, 3.8) is 0 Å². The molecule has 1 atom stereocenters. The first-order chi connectivity index (χ1) is 9.37. The maximum Gasteiger partial charge on any atom is 0.218 e. The van der Waals surface area contributed by atoms with Crippen LogP contribution in [-0.2, 0) is 19.9 Å². The zero-order valence-corrected chi connectivity index (χ0v) is 13.2. The summed E-state index contributed by atoms with van der Waals surface area (Å²) in [5, 5.41) is 8.32. The van der Waals surface area contributed by atoms with E-state index in [0.29, 0.717) is 0 Å². The van der Waals surface area contributed by atoms with E-state index in [1.165, 1.54) is 4.31 Å². The Morgan fingerprint density at radius 3 is 2.25 bits per heavy atom. The molecule has 1 saturated heterocycles. The van der Waals surface area contributed by atoms with Gasteiger partial charge in [-0.2, -0.15) is 4.31 Å². The quantitative estimate of drug-likeness (QED) is 0.776. The molecular weight excluding hydrogens is 302 g/mol. The molecule has 1 aliphatic heterocycles. The highest BCUT2D eigenvalue weighted by molar-refractivity contribution is 7.95. The van der Waals surface area contributed by atoms with Gasteiger partial charge in [0.2, 0.25) is 10.0 Å². The average Bonchev–Trinajstić information content (AvgIpc) is 2.78. The van der Waals surface area contributed by atoms with E-state index < -0.39 is 25.1 Å². The summed E-state index contributed by atoms with van der Waals surface area (Å²) >= 11 is 0. The second-order valence-electron chi connectivity index (χ2n) is 5.70. The summed E-state index contributed by atoms with van der Waals surface area (Å²) in [6.07, 6.45) is 4.88. The van der Waals surface area contributed by atoms with E-state index in [2.05, 4.69) is 0 Å². The lowest BCUT2D eigenvalue weighted by molar-refractivity contribution is 0.198. The van der Waals surface area contributed by atoms with Gasteiger partial charge in [0.25, 0.3) is 0 Å². The number of aliphatic hydroxyl groups is 1. The monoisotopic (exact) mass is 325 g/mol. The molecule has 0 amide bonds. The second kappa shape index (κ2) is 6.29. The molecule has 1 aliphatic carbocycles. The SMILES string of the molecule is O=S1(=O)CCC(S(=O)(=O)N(CCO)C2CCCCC2)C1. The van der Waals surface area contributed by atoms with Gasteiger partial charge in [0.05, 0.1) is 23.4 Å². The Balaban J connectivity index is 2.18. The number of rotatable bonds is 5. The summed E-state index contributed by atoms with van der Waals surface area (Å²) in [6, 6.07) is -0.0794. The topological polar surface area (TPSA) is 91.8 Å². The molecule has 0 aromatic carbocycles. The third kappa shape index (κ3) is 3.52. The minimum absolute atomic E-state index is 0.0471. The van der Waals surface area contributed by atoms with E-state index >= 15 is 0 Å². The first-order valence-electron chi connectivity index (χ1n) is 7.19. The van der Waals surface area contributed by atoms with Crippen LogP contribution >= 0.6 is 0 Å². The fourth-order valence-corrected chi connectivity index (χ4v) is 7.94. The van der Waals surface area contributed by atoms with E-state index in [4.69, 9.17) is 5.11 Å². The normalized spacial score (nSPS) is 28.0. The highest BCUT2D eigenvalue weighted by atomic mass is 32.2. The van der Waals surface area contributed by atoms with E-state index in [1.54, 1.807) is 0 Å². The van der Waals surface area contributed by atoms with Crippen molar-refractivity contribution in [3.05, 3.63) is 0 Å². The molecule has 0 radical (unpaired) electrons. The minimum atomic E-state index is -3.64. The minimum Gasteiger partial charge on any atom is -0.395 e. The van der Waals surface area contributed by atoms with Gasteiger partial charge in [-0.1, -0.05) is 19.3 Å². The van der Waals surface area contributed by atoms with Gasteiger partial charge in [-0.05, 0) is 19.3 Å². The Labute approximate surface area is 121 Å². The number of nitrogens with zero attached hydrogens (tertiary/aromatic N) is 1. The van der Waals surface area contributed by atoms with Gasteiger partial charge in [-0.25, -0.2) is 16.8 Å². The average molecular weight is 325 g/mol. The van der Waals surface area contributed by atoms with E-state index in [1.807, 2.05) is 0 Å². The van der Waals surface area contributed by atoms with Crippen LogP contribution in [0.2, 0.25) is 0 Å². The largest absolute Gasteiger partial charge is 0.395 e. The van der Waals surface area contributed by atoms with Gasteiger partial charge in [-0.3, -0.25) is 0 Å². The van der Waals surface area contributed by atoms with Crippen molar-refractivity contribution >= 4 is 19.9 Å². The predicted octanol–water partition coefficient (Wildman–Crippen LogP) is 0.130. The maximum absolute atomic E-state index is 12.7. The number of hydrogen-bond acceptors (Lipinski definition) is 5. The van der Waals surface area contributed by atoms with Crippen molar-refractivity contribution in [1.82, 2.24) is 4.31 Å². The lowest BCUT2D eigenvalue weighted by Crippen LogP contribution is -2.47. The molecule has 118 valence electrons. The van der Waals surface area contributed by atoms with Crippen LogP contribution in [0.15, 0.2) is 0 Å². The molecule has 1 heterocycles. The second-order valence-corrected chi connectivity index (χ2v) is 10.1. The molecule has 0 aromatic heterocycles. The molecule has 2 aliphatic rings. The number of sulfone groups is 1. The van der Waals surface area contributed by atoms with Gasteiger partial charge in [0.15, 0.2) is 9.84 Å². The third-order valence-corrected chi connectivity index (χ3v) is 8.60. The first-order valence-corrected chi connectivity index (χ1v) is 10.5. The van der Waals surface area contributed by atoms with E-state index in [-0.39, 0.29) is 37.1 Å². The lowest BCUT2D eigenvalue weighted by atomic mass is 9.95. The molecular formula is C12H23NO5S2. The van der Waals surface area contributed by atoms with Gasteiger partial charge >= 0.3 is 0 Å².